The van der Waals surface area contributed by atoms with Gasteiger partial charge in [0.1, 0.15) is 11.3 Å². The molecule has 132 valence electrons. The predicted octanol–water partition coefficient (Wildman–Crippen LogP) is 4.08. The molecular weight excluding hydrogens is 578 g/mol. The molecule has 2 aromatic rings. The van der Waals surface area contributed by atoms with Gasteiger partial charge < -0.3 is 14.9 Å². The van der Waals surface area contributed by atoms with Gasteiger partial charge in [-0.3, -0.25) is 0 Å². The molecule has 0 aliphatic carbocycles. The van der Waals surface area contributed by atoms with Crippen molar-refractivity contribution in [2.45, 2.75) is 0 Å². The first-order valence-electron chi connectivity index (χ1n) is 6.05. The van der Waals surface area contributed by atoms with E-state index < -0.39 is 46.5 Å². The number of rotatable bonds is 3. The highest BCUT2D eigenvalue weighted by atomic mass is 127. The number of carboxylic acids is 1. The molecule has 2 aromatic carbocycles. The fourth-order valence-corrected chi connectivity index (χ4v) is 3.49. The van der Waals surface area contributed by atoms with E-state index in [9.17, 15) is 32.3 Å². The third-order valence-corrected chi connectivity index (χ3v) is 4.53. The van der Waals surface area contributed by atoms with Gasteiger partial charge in [0.15, 0.2) is 11.6 Å². The minimum atomic E-state index is -2.23. The third-order valence-electron chi connectivity index (χ3n) is 2.88. The second-order valence-electron chi connectivity index (χ2n) is 4.44. The van der Waals surface area contributed by atoms with E-state index in [2.05, 4.69) is 4.74 Å². The number of hydrogen-bond acceptors (Lipinski definition) is 4. The summed E-state index contributed by atoms with van der Waals surface area (Å²) in [7, 11) is 0. The monoisotopic (exact) mass is 582 g/mol. The van der Waals surface area contributed by atoms with Gasteiger partial charge in [0.2, 0.25) is 17.4 Å². The maximum Gasteiger partial charge on any atom is 0.343 e. The number of hydrogen-bond donors (Lipinski definition) is 2. The lowest BCUT2D eigenvalue weighted by Gasteiger charge is -2.11. The molecule has 0 fully saturated rings. The Morgan fingerprint density at radius 1 is 0.920 bits per heavy atom. The summed E-state index contributed by atoms with van der Waals surface area (Å²) in [6, 6.07) is 2.24. The predicted molar refractivity (Wildman–Crippen MR) is 91.7 cm³/mol. The van der Waals surface area contributed by atoms with Crippen molar-refractivity contribution in [1.82, 2.24) is 0 Å². The second-order valence-corrected chi connectivity index (χ2v) is 6.77. The molecule has 0 aliphatic heterocycles. The number of benzene rings is 2. The molecule has 0 aliphatic rings. The molecule has 25 heavy (non-hydrogen) atoms. The van der Waals surface area contributed by atoms with E-state index in [1.165, 1.54) is 0 Å². The molecular formula is C14H4F4I2O5. The standard InChI is InChI=1S/C14H4F4I2O5/c15-7-6(13(22)23)8(16)10(18)12(9(7)17)25-14(24)3-1-4(19)11(21)5(20)2-3/h1-2,21H,(H,22,23). The Labute approximate surface area is 163 Å². The van der Waals surface area contributed by atoms with Gasteiger partial charge >= 0.3 is 11.9 Å². The Kier molecular flexibility index (Phi) is 5.75. The number of esters is 1. The van der Waals surface area contributed by atoms with Gasteiger partial charge in [-0.2, -0.15) is 8.78 Å². The average molecular weight is 582 g/mol. The van der Waals surface area contributed by atoms with Crippen molar-refractivity contribution in [3.8, 4) is 11.5 Å². The van der Waals surface area contributed by atoms with Crippen molar-refractivity contribution in [2.24, 2.45) is 0 Å². The molecule has 0 atom stereocenters. The lowest BCUT2D eigenvalue weighted by molar-refractivity contribution is 0.0682. The van der Waals surface area contributed by atoms with Crippen molar-refractivity contribution >= 4 is 57.1 Å². The first-order chi connectivity index (χ1) is 11.6. The largest absolute Gasteiger partial charge is 0.506 e. The van der Waals surface area contributed by atoms with Crippen LogP contribution in [0.25, 0.3) is 0 Å². The number of phenols is 1. The van der Waals surface area contributed by atoms with Crippen molar-refractivity contribution in [3.63, 3.8) is 0 Å². The van der Waals surface area contributed by atoms with E-state index in [1.54, 1.807) is 45.2 Å². The van der Waals surface area contributed by atoms with Gasteiger partial charge in [0, 0.05) is 0 Å². The number of phenolic OH excluding ortho intramolecular Hbond substituents is 1. The van der Waals surface area contributed by atoms with E-state index in [0.717, 1.165) is 12.1 Å². The van der Waals surface area contributed by atoms with Crippen LogP contribution in [0.4, 0.5) is 17.6 Å². The Hall–Kier alpha value is -1.64. The lowest BCUT2D eigenvalue weighted by Crippen LogP contribution is -2.16. The van der Waals surface area contributed by atoms with Crippen molar-refractivity contribution < 1.29 is 42.1 Å². The highest BCUT2D eigenvalue weighted by molar-refractivity contribution is 14.1. The zero-order chi connectivity index (χ0) is 19.0. The van der Waals surface area contributed by atoms with Crippen LogP contribution in [-0.4, -0.2) is 22.2 Å². The summed E-state index contributed by atoms with van der Waals surface area (Å²) in [6.45, 7) is 0. The van der Waals surface area contributed by atoms with Crippen LogP contribution in [0.3, 0.4) is 0 Å². The number of ether oxygens (including phenoxy) is 1. The highest BCUT2D eigenvalue weighted by Gasteiger charge is 2.31. The van der Waals surface area contributed by atoms with Gasteiger partial charge in [-0.25, -0.2) is 18.4 Å². The summed E-state index contributed by atoms with van der Waals surface area (Å²) in [6.07, 6.45) is 0. The maximum atomic E-state index is 13.8. The van der Waals surface area contributed by atoms with E-state index in [0.29, 0.717) is 0 Å². The van der Waals surface area contributed by atoms with Gasteiger partial charge in [-0.05, 0) is 57.3 Å². The van der Waals surface area contributed by atoms with Crippen LogP contribution in [0.1, 0.15) is 20.7 Å². The van der Waals surface area contributed by atoms with Crippen LogP contribution in [0.5, 0.6) is 11.5 Å². The lowest BCUT2D eigenvalue weighted by atomic mass is 10.1. The Morgan fingerprint density at radius 2 is 1.36 bits per heavy atom. The van der Waals surface area contributed by atoms with E-state index >= 15 is 0 Å². The van der Waals surface area contributed by atoms with Gasteiger partial charge in [-0.15, -0.1) is 0 Å². The van der Waals surface area contributed by atoms with Crippen LogP contribution in [-0.2, 0) is 0 Å². The quantitative estimate of drug-likeness (QED) is 0.188. The molecule has 11 heteroatoms. The van der Waals surface area contributed by atoms with Crippen LogP contribution >= 0.6 is 45.2 Å². The molecule has 2 N–H and O–H groups in total. The Morgan fingerprint density at radius 3 is 1.76 bits per heavy atom. The molecule has 0 aromatic heterocycles. The molecule has 0 amide bonds. The van der Waals surface area contributed by atoms with E-state index in [4.69, 9.17) is 5.11 Å². The molecule has 0 saturated heterocycles. The van der Waals surface area contributed by atoms with Crippen LogP contribution in [0, 0.1) is 30.4 Å². The fraction of sp³-hybridized carbons (Fsp3) is 0. The van der Waals surface area contributed by atoms with E-state index in [-0.39, 0.29) is 18.5 Å². The minimum absolute atomic E-state index is 0.141. The van der Waals surface area contributed by atoms with Gasteiger partial charge in [0.25, 0.3) is 0 Å². The van der Waals surface area contributed by atoms with Crippen LogP contribution in [0.2, 0.25) is 0 Å². The van der Waals surface area contributed by atoms with Crippen LogP contribution in [0.15, 0.2) is 12.1 Å². The zero-order valence-electron chi connectivity index (χ0n) is 11.5. The number of halogens is 6. The molecule has 0 bridgehead atoms. The number of aromatic hydroxyl groups is 1. The summed E-state index contributed by atoms with van der Waals surface area (Å²) in [5.41, 5.74) is -2.10. The Bertz CT molecular complexity index is 865. The molecule has 0 radical (unpaired) electrons. The van der Waals surface area contributed by atoms with E-state index in [1.807, 2.05) is 0 Å². The molecule has 0 saturated carbocycles. The van der Waals surface area contributed by atoms with Crippen molar-refractivity contribution in [2.75, 3.05) is 0 Å². The number of carbonyl (C=O) groups is 2. The summed E-state index contributed by atoms with van der Waals surface area (Å²) in [4.78, 5) is 22.6. The first-order valence-corrected chi connectivity index (χ1v) is 8.21. The van der Waals surface area contributed by atoms with Gasteiger partial charge in [0.05, 0.1) is 12.7 Å². The third kappa shape index (κ3) is 3.65. The average Bonchev–Trinajstić information content (AvgIpc) is 2.53. The highest BCUT2D eigenvalue weighted by Crippen LogP contribution is 2.32. The normalized spacial score (nSPS) is 10.6. The number of carboxylic acid groups (broad SMARTS) is 1. The Balaban J connectivity index is 2.51. The molecule has 0 spiro atoms. The molecule has 0 unspecified atom stereocenters. The number of aromatic carboxylic acids is 1. The molecule has 2 rings (SSSR count). The zero-order valence-corrected chi connectivity index (χ0v) is 15.9. The molecule has 0 heterocycles. The second kappa shape index (κ2) is 7.31. The fourth-order valence-electron chi connectivity index (χ4n) is 1.72. The van der Waals surface area contributed by atoms with Crippen molar-refractivity contribution in [3.05, 3.63) is 53.7 Å². The summed E-state index contributed by atoms with van der Waals surface area (Å²) >= 11 is 3.36. The minimum Gasteiger partial charge on any atom is -0.506 e. The topological polar surface area (TPSA) is 83.8 Å². The maximum absolute atomic E-state index is 13.8. The van der Waals surface area contributed by atoms with Crippen LogP contribution < -0.4 is 4.74 Å². The summed E-state index contributed by atoms with van der Waals surface area (Å²) < 4.78 is 59.6. The summed E-state index contributed by atoms with van der Waals surface area (Å²) in [5.74, 6) is -14.2. The van der Waals surface area contributed by atoms with Crippen molar-refractivity contribution in [1.29, 1.82) is 0 Å². The summed E-state index contributed by atoms with van der Waals surface area (Å²) in [5, 5.41) is 18.2. The molecule has 5 nitrogen and oxygen atoms in total. The number of carbonyl (C=O) groups excluding carboxylic acids is 1. The van der Waals surface area contributed by atoms with Gasteiger partial charge in [-0.1, -0.05) is 0 Å². The smallest absolute Gasteiger partial charge is 0.343 e. The first kappa shape index (κ1) is 19.7. The SMILES string of the molecule is O=C(Oc1c(F)c(F)c(C(=O)O)c(F)c1F)c1cc(I)c(O)c(I)c1.